The molecule has 0 bridgehead atoms. The second-order valence-corrected chi connectivity index (χ2v) is 3.74. The van der Waals surface area contributed by atoms with E-state index in [9.17, 15) is 4.79 Å². The second kappa shape index (κ2) is 5.00. The summed E-state index contributed by atoms with van der Waals surface area (Å²) in [6.07, 6.45) is 0.211. The van der Waals surface area contributed by atoms with E-state index in [0.29, 0.717) is 12.4 Å². The van der Waals surface area contributed by atoms with Crippen LogP contribution >= 0.6 is 15.9 Å². The summed E-state index contributed by atoms with van der Waals surface area (Å²) >= 11 is 3.34. The Kier molecular flexibility index (Phi) is 3.95. The fraction of sp³-hybridized carbons (Fsp3) is 0.300. The zero-order valence-electron chi connectivity index (χ0n) is 7.92. The third kappa shape index (κ3) is 3.03. The van der Waals surface area contributed by atoms with Crippen LogP contribution in [0, 0.1) is 0 Å². The van der Waals surface area contributed by atoms with Crippen molar-refractivity contribution in [2.75, 3.05) is 6.61 Å². The number of carbonyl (C=O) groups is 1. The Morgan fingerprint density at radius 1 is 1.57 bits per heavy atom. The highest BCUT2D eigenvalue weighted by Gasteiger charge is 2.06. The van der Waals surface area contributed by atoms with E-state index in [4.69, 9.17) is 10.5 Å². The number of hydrogen-bond donors (Lipinski definition) is 1. The fourth-order valence-electron chi connectivity index (χ4n) is 1.15. The van der Waals surface area contributed by atoms with Crippen molar-refractivity contribution in [1.29, 1.82) is 0 Å². The molecule has 0 aliphatic heterocycles. The van der Waals surface area contributed by atoms with Crippen LogP contribution in [0.1, 0.15) is 12.5 Å². The van der Waals surface area contributed by atoms with Crippen LogP contribution in [0.4, 0.5) is 0 Å². The predicted molar refractivity (Wildman–Crippen MR) is 58.2 cm³/mol. The molecule has 0 radical (unpaired) electrons. The molecule has 1 amide bonds. The molecule has 0 atom stereocenters. The molecule has 14 heavy (non-hydrogen) atoms. The lowest BCUT2D eigenvalue weighted by Gasteiger charge is -2.08. The van der Waals surface area contributed by atoms with Crippen molar-refractivity contribution in [1.82, 2.24) is 0 Å². The normalized spacial score (nSPS) is 9.86. The number of halogens is 1. The van der Waals surface area contributed by atoms with Crippen LogP contribution in [0.5, 0.6) is 5.75 Å². The van der Waals surface area contributed by atoms with E-state index < -0.39 is 0 Å². The minimum absolute atomic E-state index is 0.211. The summed E-state index contributed by atoms with van der Waals surface area (Å²) in [5.41, 5.74) is 5.94. The molecule has 1 aromatic rings. The number of amides is 1. The number of primary amides is 1. The summed E-state index contributed by atoms with van der Waals surface area (Å²) in [4.78, 5) is 10.8. The molecule has 0 heterocycles. The van der Waals surface area contributed by atoms with Gasteiger partial charge in [0.2, 0.25) is 5.91 Å². The van der Waals surface area contributed by atoms with Gasteiger partial charge in [-0.1, -0.05) is 22.0 Å². The van der Waals surface area contributed by atoms with Gasteiger partial charge >= 0.3 is 0 Å². The molecule has 4 heteroatoms. The maximum Gasteiger partial charge on any atom is 0.221 e. The van der Waals surface area contributed by atoms with E-state index in [1.54, 1.807) is 0 Å². The quantitative estimate of drug-likeness (QED) is 0.896. The van der Waals surface area contributed by atoms with Gasteiger partial charge in [0.15, 0.2) is 0 Å². The number of nitrogens with two attached hydrogens (primary N) is 1. The van der Waals surface area contributed by atoms with Crippen molar-refractivity contribution >= 4 is 21.8 Å². The van der Waals surface area contributed by atoms with Crippen molar-refractivity contribution in [3.8, 4) is 5.75 Å². The second-order valence-electron chi connectivity index (χ2n) is 2.83. The van der Waals surface area contributed by atoms with E-state index in [0.717, 1.165) is 10.0 Å². The largest absolute Gasteiger partial charge is 0.494 e. The molecular weight excluding hydrogens is 246 g/mol. The summed E-state index contributed by atoms with van der Waals surface area (Å²) in [7, 11) is 0. The SMILES string of the molecule is CCOc1cc(Br)ccc1CC(N)=O. The first-order valence-corrected chi connectivity index (χ1v) is 5.12. The maximum atomic E-state index is 10.8. The summed E-state index contributed by atoms with van der Waals surface area (Å²) in [6, 6.07) is 5.53. The van der Waals surface area contributed by atoms with Gasteiger partial charge in [-0.2, -0.15) is 0 Å². The van der Waals surface area contributed by atoms with Gasteiger partial charge < -0.3 is 10.5 Å². The third-order valence-corrected chi connectivity index (χ3v) is 2.19. The number of ether oxygens (including phenoxy) is 1. The lowest BCUT2D eigenvalue weighted by molar-refractivity contribution is -0.117. The zero-order valence-corrected chi connectivity index (χ0v) is 9.50. The van der Waals surface area contributed by atoms with E-state index in [-0.39, 0.29) is 12.3 Å². The molecule has 3 nitrogen and oxygen atoms in total. The van der Waals surface area contributed by atoms with Gasteiger partial charge in [0.05, 0.1) is 13.0 Å². The molecule has 1 rings (SSSR count). The van der Waals surface area contributed by atoms with E-state index >= 15 is 0 Å². The predicted octanol–water partition coefficient (Wildman–Crippen LogP) is 1.88. The van der Waals surface area contributed by atoms with Crippen molar-refractivity contribution in [3.05, 3.63) is 28.2 Å². The van der Waals surface area contributed by atoms with Crippen molar-refractivity contribution in [3.63, 3.8) is 0 Å². The summed E-state index contributed by atoms with van der Waals surface area (Å²) in [6.45, 7) is 2.47. The molecule has 1 aromatic carbocycles. The Hall–Kier alpha value is -1.03. The molecule has 0 aliphatic carbocycles. The molecule has 0 fully saturated rings. The number of hydrogen-bond acceptors (Lipinski definition) is 2. The Morgan fingerprint density at radius 2 is 2.29 bits per heavy atom. The maximum absolute atomic E-state index is 10.8. The molecule has 0 unspecified atom stereocenters. The molecule has 0 aromatic heterocycles. The highest BCUT2D eigenvalue weighted by molar-refractivity contribution is 9.10. The van der Waals surface area contributed by atoms with Gasteiger partial charge in [-0.05, 0) is 19.1 Å². The molecule has 0 spiro atoms. The molecule has 2 N–H and O–H groups in total. The average Bonchev–Trinajstić information content (AvgIpc) is 2.09. The third-order valence-electron chi connectivity index (χ3n) is 1.69. The zero-order chi connectivity index (χ0) is 10.6. The summed E-state index contributed by atoms with van der Waals surface area (Å²) in [5.74, 6) is 0.356. The Labute approximate surface area is 91.4 Å². The summed E-state index contributed by atoms with van der Waals surface area (Å²) < 4.78 is 6.31. The van der Waals surface area contributed by atoms with Crippen molar-refractivity contribution in [2.24, 2.45) is 5.73 Å². The topological polar surface area (TPSA) is 52.3 Å². The van der Waals surface area contributed by atoms with Crippen LogP contribution in [0.2, 0.25) is 0 Å². The monoisotopic (exact) mass is 257 g/mol. The molecular formula is C10H12BrNO2. The van der Waals surface area contributed by atoms with Crippen LogP contribution in [-0.2, 0) is 11.2 Å². The highest BCUT2D eigenvalue weighted by atomic mass is 79.9. The van der Waals surface area contributed by atoms with Gasteiger partial charge in [-0.15, -0.1) is 0 Å². The number of carbonyl (C=O) groups excluding carboxylic acids is 1. The minimum Gasteiger partial charge on any atom is -0.494 e. The number of rotatable bonds is 4. The van der Waals surface area contributed by atoms with Crippen LogP contribution in [-0.4, -0.2) is 12.5 Å². The molecule has 76 valence electrons. The average molecular weight is 258 g/mol. The van der Waals surface area contributed by atoms with Crippen molar-refractivity contribution in [2.45, 2.75) is 13.3 Å². The summed E-state index contributed by atoms with van der Waals surface area (Å²) in [5, 5.41) is 0. The van der Waals surface area contributed by atoms with Gasteiger partial charge in [-0.3, -0.25) is 4.79 Å². The van der Waals surface area contributed by atoms with Crippen LogP contribution < -0.4 is 10.5 Å². The molecule has 0 saturated heterocycles. The van der Waals surface area contributed by atoms with Gasteiger partial charge in [-0.25, -0.2) is 0 Å². The van der Waals surface area contributed by atoms with Crippen LogP contribution in [0.15, 0.2) is 22.7 Å². The Bertz CT molecular complexity index is 339. The number of benzene rings is 1. The van der Waals surface area contributed by atoms with Gasteiger partial charge in [0.25, 0.3) is 0 Å². The standard InChI is InChI=1S/C10H12BrNO2/c1-2-14-9-6-8(11)4-3-7(9)5-10(12)13/h3-4,6H,2,5H2,1H3,(H2,12,13). The molecule has 0 aliphatic rings. The molecule has 0 saturated carbocycles. The van der Waals surface area contributed by atoms with Crippen molar-refractivity contribution < 1.29 is 9.53 Å². The lowest BCUT2D eigenvalue weighted by Crippen LogP contribution is -2.14. The Morgan fingerprint density at radius 3 is 2.86 bits per heavy atom. The van der Waals surface area contributed by atoms with Gasteiger partial charge in [0, 0.05) is 10.0 Å². The smallest absolute Gasteiger partial charge is 0.221 e. The fourth-order valence-corrected chi connectivity index (χ4v) is 1.49. The van der Waals surface area contributed by atoms with Gasteiger partial charge in [0.1, 0.15) is 5.75 Å². The first-order valence-electron chi connectivity index (χ1n) is 4.33. The highest BCUT2D eigenvalue weighted by Crippen LogP contribution is 2.24. The lowest BCUT2D eigenvalue weighted by atomic mass is 10.1. The van der Waals surface area contributed by atoms with E-state index in [1.807, 2.05) is 25.1 Å². The van der Waals surface area contributed by atoms with E-state index in [1.165, 1.54) is 0 Å². The van der Waals surface area contributed by atoms with Crippen LogP contribution in [0.3, 0.4) is 0 Å². The minimum atomic E-state index is -0.353. The Balaban J connectivity index is 2.95. The first kappa shape index (κ1) is 11.0. The first-order chi connectivity index (χ1) is 6.63. The van der Waals surface area contributed by atoms with Crippen LogP contribution in [0.25, 0.3) is 0 Å². The van der Waals surface area contributed by atoms with E-state index in [2.05, 4.69) is 15.9 Å².